The average molecular weight is 243 g/mol. The third kappa shape index (κ3) is 3.20. The quantitative estimate of drug-likeness (QED) is 0.501. The van der Waals surface area contributed by atoms with Crippen LogP contribution < -0.4 is 5.32 Å². The van der Waals surface area contributed by atoms with Crippen LogP contribution >= 0.6 is 11.6 Å². The Morgan fingerprint density at radius 2 is 2.06 bits per heavy atom. The van der Waals surface area contributed by atoms with Gasteiger partial charge in [0.1, 0.15) is 0 Å². The molecule has 0 bridgehead atoms. The number of rotatable bonds is 4. The van der Waals surface area contributed by atoms with E-state index in [1.54, 1.807) is 6.92 Å². The number of carbonyl (C=O) groups excluding carboxylic acids is 1. The average Bonchev–Trinajstić information content (AvgIpc) is 2.28. The van der Waals surface area contributed by atoms with Gasteiger partial charge in [0.05, 0.1) is 4.92 Å². The summed E-state index contributed by atoms with van der Waals surface area (Å²) in [4.78, 5) is 21.3. The molecule has 0 fully saturated rings. The van der Waals surface area contributed by atoms with Crippen molar-refractivity contribution in [1.82, 2.24) is 0 Å². The number of non-ortho nitro benzene ring substituents is 1. The third-order valence-corrected chi connectivity index (χ3v) is 2.49. The van der Waals surface area contributed by atoms with E-state index < -0.39 is 4.92 Å². The molecule has 1 aromatic carbocycles. The summed E-state index contributed by atoms with van der Waals surface area (Å²) in [5.74, 6) is -0.264. The number of nitrogens with zero attached hydrogens (tertiary/aromatic N) is 1. The minimum absolute atomic E-state index is 0.0107. The van der Waals surface area contributed by atoms with Crippen molar-refractivity contribution in [3.05, 3.63) is 34.4 Å². The largest absolute Gasteiger partial charge is 0.326 e. The number of benzene rings is 1. The predicted octanol–water partition coefficient (Wildman–Crippen LogP) is 2.41. The number of hydrogen-bond acceptors (Lipinski definition) is 3. The van der Waals surface area contributed by atoms with Gasteiger partial charge in [0.25, 0.3) is 5.69 Å². The highest BCUT2D eigenvalue weighted by Crippen LogP contribution is 2.16. The van der Waals surface area contributed by atoms with E-state index in [0.717, 1.165) is 0 Å². The van der Waals surface area contributed by atoms with E-state index in [1.165, 1.54) is 24.3 Å². The smallest absolute Gasteiger partial charge is 0.269 e. The topological polar surface area (TPSA) is 72.2 Å². The Bertz CT molecular complexity index is 392. The standard InChI is InChI=1S/C10H11ClN2O3/c1-7(6-11)10(14)12-8-2-4-9(5-3-8)13(15)16/h2-5,7H,6H2,1H3,(H,12,14). The summed E-state index contributed by atoms with van der Waals surface area (Å²) in [6.07, 6.45) is 0. The van der Waals surface area contributed by atoms with Crippen LogP contribution in [0.4, 0.5) is 11.4 Å². The van der Waals surface area contributed by atoms with Crippen LogP contribution in [0.15, 0.2) is 24.3 Å². The molecule has 0 saturated carbocycles. The molecule has 0 radical (unpaired) electrons. The van der Waals surface area contributed by atoms with Gasteiger partial charge >= 0.3 is 0 Å². The summed E-state index contributed by atoms with van der Waals surface area (Å²) in [5.41, 5.74) is 0.510. The van der Waals surface area contributed by atoms with Gasteiger partial charge in [-0.2, -0.15) is 0 Å². The highest BCUT2D eigenvalue weighted by molar-refractivity contribution is 6.19. The fraction of sp³-hybridized carbons (Fsp3) is 0.300. The first-order valence-corrected chi connectivity index (χ1v) is 5.19. The molecule has 0 aliphatic carbocycles. The maximum Gasteiger partial charge on any atom is 0.269 e. The van der Waals surface area contributed by atoms with E-state index in [9.17, 15) is 14.9 Å². The SMILES string of the molecule is CC(CCl)C(=O)Nc1ccc([N+](=O)[O-])cc1. The Balaban J connectivity index is 2.69. The van der Waals surface area contributed by atoms with E-state index in [-0.39, 0.29) is 23.4 Å². The molecule has 1 atom stereocenters. The van der Waals surface area contributed by atoms with E-state index in [0.29, 0.717) is 5.69 Å². The summed E-state index contributed by atoms with van der Waals surface area (Å²) >= 11 is 5.53. The van der Waals surface area contributed by atoms with Gasteiger partial charge in [0, 0.05) is 29.6 Å². The zero-order valence-corrected chi connectivity index (χ0v) is 9.40. The van der Waals surface area contributed by atoms with Crippen LogP contribution in [-0.4, -0.2) is 16.7 Å². The lowest BCUT2D eigenvalue weighted by Gasteiger charge is -2.08. The summed E-state index contributed by atoms with van der Waals surface area (Å²) in [6, 6.07) is 5.63. The van der Waals surface area contributed by atoms with Crippen molar-refractivity contribution in [2.45, 2.75) is 6.92 Å². The number of nitrogens with one attached hydrogen (secondary N) is 1. The molecule has 6 heteroatoms. The predicted molar refractivity (Wildman–Crippen MR) is 61.6 cm³/mol. The maximum absolute atomic E-state index is 11.4. The molecule has 0 saturated heterocycles. The molecule has 1 amide bonds. The minimum Gasteiger partial charge on any atom is -0.326 e. The van der Waals surface area contributed by atoms with Gasteiger partial charge in [-0.05, 0) is 12.1 Å². The zero-order valence-electron chi connectivity index (χ0n) is 8.64. The monoisotopic (exact) mass is 242 g/mol. The Morgan fingerprint density at radius 1 is 1.50 bits per heavy atom. The van der Waals surface area contributed by atoms with Crippen molar-refractivity contribution in [2.24, 2.45) is 5.92 Å². The molecule has 1 unspecified atom stereocenters. The lowest BCUT2D eigenvalue weighted by molar-refractivity contribution is -0.384. The van der Waals surface area contributed by atoms with Crippen molar-refractivity contribution < 1.29 is 9.72 Å². The molecule has 1 rings (SSSR count). The van der Waals surface area contributed by atoms with Crippen molar-refractivity contribution in [1.29, 1.82) is 0 Å². The molecule has 0 heterocycles. The van der Waals surface area contributed by atoms with Crippen LogP contribution in [0.1, 0.15) is 6.92 Å². The molecule has 86 valence electrons. The van der Waals surface area contributed by atoms with Gasteiger partial charge in [-0.15, -0.1) is 11.6 Å². The fourth-order valence-corrected chi connectivity index (χ4v) is 1.14. The Hall–Kier alpha value is -1.62. The first-order chi connectivity index (χ1) is 7.54. The van der Waals surface area contributed by atoms with Crippen LogP contribution in [0.2, 0.25) is 0 Å². The van der Waals surface area contributed by atoms with Crippen molar-refractivity contribution >= 4 is 28.9 Å². The van der Waals surface area contributed by atoms with Crippen LogP contribution in [0.25, 0.3) is 0 Å². The normalized spacial score (nSPS) is 11.9. The number of alkyl halides is 1. The molecule has 0 aromatic heterocycles. The van der Waals surface area contributed by atoms with E-state index in [1.807, 2.05) is 0 Å². The number of halogens is 1. The molecular formula is C10H11ClN2O3. The first-order valence-electron chi connectivity index (χ1n) is 4.66. The lowest BCUT2D eigenvalue weighted by atomic mass is 10.2. The van der Waals surface area contributed by atoms with Crippen LogP contribution in [0, 0.1) is 16.0 Å². The zero-order chi connectivity index (χ0) is 12.1. The maximum atomic E-state index is 11.4. The Morgan fingerprint density at radius 3 is 2.50 bits per heavy atom. The number of anilines is 1. The van der Waals surface area contributed by atoms with Gasteiger partial charge in [-0.25, -0.2) is 0 Å². The molecule has 5 nitrogen and oxygen atoms in total. The van der Waals surface area contributed by atoms with Crippen LogP contribution in [0.5, 0.6) is 0 Å². The molecule has 1 aromatic rings. The summed E-state index contributed by atoms with van der Waals surface area (Å²) in [5, 5.41) is 13.0. The molecule has 0 spiro atoms. The number of nitro benzene ring substituents is 1. The van der Waals surface area contributed by atoms with Gasteiger partial charge in [-0.1, -0.05) is 6.92 Å². The second-order valence-corrected chi connectivity index (χ2v) is 3.66. The van der Waals surface area contributed by atoms with Crippen molar-refractivity contribution in [3.63, 3.8) is 0 Å². The highest BCUT2D eigenvalue weighted by Gasteiger charge is 2.12. The minimum atomic E-state index is -0.493. The van der Waals surface area contributed by atoms with Gasteiger partial charge in [0.2, 0.25) is 5.91 Å². The third-order valence-electron chi connectivity index (χ3n) is 2.02. The summed E-state index contributed by atoms with van der Waals surface area (Å²) in [6.45, 7) is 1.70. The fourth-order valence-electron chi connectivity index (χ4n) is 1.00. The number of amides is 1. The van der Waals surface area contributed by atoms with Crippen LogP contribution in [-0.2, 0) is 4.79 Å². The lowest BCUT2D eigenvalue weighted by Crippen LogP contribution is -2.21. The van der Waals surface area contributed by atoms with E-state index >= 15 is 0 Å². The molecule has 0 aliphatic rings. The molecular weight excluding hydrogens is 232 g/mol. The highest BCUT2D eigenvalue weighted by atomic mass is 35.5. The van der Waals surface area contributed by atoms with Crippen LogP contribution in [0.3, 0.4) is 0 Å². The number of hydrogen-bond donors (Lipinski definition) is 1. The Kier molecular flexibility index (Phi) is 4.25. The van der Waals surface area contributed by atoms with Crippen molar-refractivity contribution in [3.8, 4) is 0 Å². The Labute approximate surface area is 97.6 Å². The van der Waals surface area contributed by atoms with Gasteiger partial charge < -0.3 is 5.32 Å². The first kappa shape index (κ1) is 12.4. The molecule has 0 aliphatic heterocycles. The van der Waals surface area contributed by atoms with Crippen molar-refractivity contribution in [2.75, 3.05) is 11.2 Å². The molecule has 16 heavy (non-hydrogen) atoms. The number of nitro groups is 1. The molecule has 1 N–H and O–H groups in total. The van der Waals surface area contributed by atoms with Gasteiger partial charge in [0.15, 0.2) is 0 Å². The summed E-state index contributed by atoms with van der Waals surface area (Å²) in [7, 11) is 0. The second-order valence-electron chi connectivity index (χ2n) is 3.35. The van der Waals surface area contributed by atoms with Gasteiger partial charge in [-0.3, -0.25) is 14.9 Å². The summed E-state index contributed by atoms with van der Waals surface area (Å²) < 4.78 is 0. The second kappa shape index (κ2) is 5.46. The van der Waals surface area contributed by atoms with E-state index in [4.69, 9.17) is 11.6 Å². The van der Waals surface area contributed by atoms with E-state index in [2.05, 4.69) is 5.32 Å². The number of carbonyl (C=O) groups is 1.